The lowest BCUT2D eigenvalue weighted by Crippen LogP contribution is -2.25. The van der Waals surface area contributed by atoms with E-state index in [1.807, 2.05) is 0 Å². The Balaban J connectivity index is 2.75. The highest BCUT2D eigenvalue weighted by molar-refractivity contribution is 5.93. The Labute approximate surface area is 153 Å². The van der Waals surface area contributed by atoms with Gasteiger partial charge in [0.1, 0.15) is 0 Å². The summed E-state index contributed by atoms with van der Waals surface area (Å²) in [4.78, 5) is 51.1. The molecule has 136 valence electrons. The van der Waals surface area contributed by atoms with Crippen molar-refractivity contribution >= 4 is 35.5 Å². The molecule has 0 aliphatic rings. The number of isocyanates is 2. The third kappa shape index (κ3) is 3.88. The molecule has 0 saturated carbocycles. The second-order valence-corrected chi connectivity index (χ2v) is 6.10. The quantitative estimate of drug-likeness (QED) is 0.595. The van der Waals surface area contributed by atoms with Crippen LogP contribution in [0.4, 0.5) is 11.4 Å². The maximum absolute atomic E-state index is 11.7. The van der Waals surface area contributed by atoms with Gasteiger partial charge in [0.15, 0.2) is 0 Å². The SMILES string of the molecule is CC(C)(c1ccc(N=C=O)cc1C(=O)O)c1ccc(N=C=O)cc1C(=O)O. The minimum absolute atomic E-state index is 0.121. The molecule has 0 amide bonds. The number of aliphatic imine (C=N–C) groups is 2. The van der Waals surface area contributed by atoms with Crippen LogP contribution in [0.15, 0.2) is 46.4 Å². The summed E-state index contributed by atoms with van der Waals surface area (Å²) in [7, 11) is 0. The first kappa shape index (κ1) is 19.5. The zero-order valence-electron chi connectivity index (χ0n) is 14.4. The van der Waals surface area contributed by atoms with Gasteiger partial charge in [-0.3, -0.25) is 0 Å². The Morgan fingerprint density at radius 3 is 1.48 bits per heavy atom. The van der Waals surface area contributed by atoms with Crippen molar-refractivity contribution in [2.45, 2.75) is 19.3 Å². The van der Waals surface area contributed by atoms with Crippen molar-refractivity contribution in [1.29, 1.82) is 0 Å². The Morgan fingerprint density at radius 2 is 1.19 bits per heavy atom. The smallest absolute Gasteiger partial charge is 0.336 e. The van der Waals surface area contributed by atoms with Gasteiger partial charge in [-0.2, -0.15) is 9.98 Å². The molecule has 0 bridgehead atoms. The van der Waals surface area contributed by atoms with Gasteiger partial charge < -0.3 is 10.2 Å². The van der Waals surface area contributed by atoms with Gasteiger partial charge in [0, 0.05) is 5.41 Å². The molecule has 0 fully saturated rings. The molecule has 2 rings (SSSR count). The summed E-state index contributed by atoms with van der Waals surface area (Å²) in [6.07, 6.45) is 2.69. The summed E-state index contributed by atoms with van der Waals surface area (Å²) in [5.41, 5.74) is -0.380. The van der Waals surface area contributed by atoms with Gasteiger partial charge in [-0.15, -0.1) is 0 Å². The predicted molar refractivity (Wildman–Crippen MR) is 94.5 cm³/mol. The lowest BCUT2D eigenvalue weighted by molar-refractivity contribution is 0.0686. The molecule has 2 N–H and O–H groups in total. The number of rotatable bonds is 6. The van der Waals surface area contributed by atoms with Gasteiger partial charge in [-0.1, -0.05) is 26.0 Å². The van der Waals surface area contributed by atoms with Crippen molar-refractivity contribution in [2.24, 2.45) is 9.98 Å². The van der Waals surface area contributed by atoms with Crippen LogP contribution < -0.4 is 0 Å². The average Bonchev–Trinajstić information content (AvgIpc) is 2.61. The van der Waals surface area contributed by atoms with Crippen LogP contribution in [0.25, 0.3) is 0 Å². The first-order valence-electron chi connectivity index (χ1n) is 7.63. The van der Waals surface area contributed by atoms with Gasteiger partial charge in [0.05, 0.1) is 22.5 Å². The Morgan fingerprint density at radius 1 is 0.815 bits per heavy atom. The van der Waals surface area contributed by atoms with Gasteiger partial charge in [-0.05, 0) is 35.4 Å². The molecule has 0 saturated heterocycles. The van der Waals surface area contributed by atoms with Crippen LogP contribution in [-0.4, -0.2) is 34.3 Å². The lowest BCUT2D eigenvalue weighted by atomic mass is 9.74. The van der Waals surface area contributed by atoms with Crippen molar-refractivity contribution in [3.8, 4) is 0 Å². The van der Waals surface area contributed by atoms with Crippen LogP contribution in [0.5, 0.6) is 0 Å². The molecule has 0 radical (unpaired) electrons. The molecule has 0 aliphatic heterocycles. The molecule has 2 aromatic rings. The minimum atomic E-state index is -1.25. The highest BCUT2D eigenvalue weighted by atomic mass is 16.4. The third-order valence-electron chi connectivity index (χ3n) is 4.16. The number of hydrogen-bond donors (Lipinski definition) is 2. The van der Waals surface area contributed by atoms with E-state index in [1.54, 1.807) is 13.8 Å². The van der Waals surface area contributed by atoms with Crippen LogP contribution in [0.2, 0.25) is 0 Å². The molecular formula is C19H14N2O6. The molecule has 8 heteroatoms. The van der Waals surface area contributed by atoms with Crippen LogP contribution in [0.3, 0.4) is 0 Å². The van der Waals surface area contributed by atoms with Crippen molar-refractivity contribution in [1.82, 2.24) is 0 Å². The molecule has 27 heavy (non-hydrogen) atoms. The van der Waals surface area contributed by atoms with Crippen LogP contribution in [0.1, 0.15) is 45.7 Å². The topological polar surface area (TPSA) is 133 Å². The zero-order valence-corrected chi connectivity index (χ0v) is 14.4. The Kier molecular flexibility index (Phi) is 5.46. The number of benzene rings is 2. The van der Waals surface area contributed by atoms with Crippen molar-refractivity contribution in [2.75, 3.05) is 0 Å². The van der Waals surface area contributed by atoms with Crippen LogP contribution >= 0.6 is 0 Å². The number of carboxylic acids is 2. The Hall–Kier alpha value is -3.86. The van der Waals surface area contributed by atoms with Crippen molar-refractivity contribution in [3.05, 3.63) is 58.7 Å². The average molecular weight is 366 g/mol. The molecule has 8 nitrogen and oxygen atoms in total. The number of carbonyl (C=O) groups excluding carboxylic acids is 2. The van der Waals surface area contributed by atoms with Crippen LogP contribution in [-0.2, 0) is 15.0 Å². The van der Waals surface area contributed by atoms with Crippen molar-refractivity contribution in [3.63, 3.8) is 0 Å². The normalized spacial score (nSPS) is 10.4. The summed E-state index contributed by atoms with van der Waals surface area (Å²) in [5, 5.41) is 19.1. The maximum Gasteiger partial charge on any atom is 0.336 e. The fraction of sp³-hybridized carbons (Fsp3) is 0.158. The van der Waals surface area contributed by atoms with E-state index in [2.05, 4.69) is 9.98 Å². The maximum atomic E-state index is 11.7. The summed E-state index contributed by atoms with van der Waals surface area (Å²) in [6, 6.07) is 8.27. The summed E-state index contributed by atoms with van der Waals surface area (Å²) >= 11 is 0. The van der Waals surface area contributed by atoms with E-state index in [9.17, 15) is 29.4 Å². The number of aromatic carboxylic acids is 2. The van der Waals surface area contributed by atoms with Gasteiger partial charge >= 0.3 is 11.9 Å². The lowest BCUT2D eigenvalue weighted by Gasteiger charge is -2.29. The van der Waals surface area contributed by atoms with Crippen molar-refractivity contribution < 1.29 is 29.4 Å². The first-order valence-corrected chi connectivity index (χ1v) is 7.63. The largest absolute Gasteiger partial charge is 0.478 e. The fourth-order valence-electron chi connectivity index (χ4n) is 2.90. The highest BCUT2D eigenvalue weighted by Crippen LogP contribution is 2.38. The van der Waals surface area contributed by atoms with E-state index in [0.29, 0.717) is 11.1 Å². The van der Waals surface area contributed by atoms with Gasteiger partial charge in [-0.25, -0.2) is 19.2 Å². The second kappa shape index (κ2) is 7.58. The number of nitrogens with zero attached hydrogens (tertiary/aromatic N) is 2. The monoisotopic (exact) mass is 366 g/mol. The molecule has 0 aliphatic carbocycles. The van der Waals surface area contributed by atoms with E-state index in [0.717, 1.165) is 0 Å². The number of hydrogen-bond acceptors (Lipinski definition) is 6. The molecular weight excluding hydrogens is 352 g/mol. The highest BCUT2D eigenvalue weighted by Gasteiger charge is 2.32. The first-order chi connectivity index (χ1) is 12.7. The van der Waals surface area contributed by atoms with E-state index < -0.39 is 17.4 Å². The van der Waals surface area contributed by atoms with Gasteiger partial charge in [0.25, 0.3) is 0 Å². The van der Waals surface area contributed by atoms with E-state index in [1.165, 1.54) is 48.6 Å². The zero-order chi connectivity index (χ0) is 20.2. The standard InChI is InChI=1S/C19H14N2O6/c1-19(2,15-5-3-11(20-9-22)7-13(15)17(24)25)16-6-4-12(21-10-23)8-14(16)18(26)27/h3-8H,1-2H3,(H,24,25)(H,26,27). The molecule has 2 aromatic carbocycles. The molecule has 0 atom stereocenters. The number of carbonyl (C=O) groups is 2. The minimum Gasteiger partial charge on any atom is -0.478 e. The Bertz CT molecular complexity index is 947. The molecule has 0 spiro atoms. The summed E-state index contributed by atoms with van der Waals surface area (Å²) in [5.74, 6) is -2.50. The van der Waals surface area contributed by atoms with Gasteiger partial charge in [0.2, 0.25) is 12.2 Å². The molecule has 0 unspecified atom stereocenters. The van der Waals surface area contributed by atoms with E-state index >= 15 is 0 Å². The van der Waals surface area contributed by atoms with E-state index in [4.69, 9.17) is 0 Å². The van der Waals surface area contributed by atoms with Crippen LogP contribution in [0, 0.1) is 0 Å². The number of carboxylic acid groups (broad SMARTS) is 2. The molecule has 0 aromatic heterocycles. The fourth-order valence-corrected chi connectivity index (χ4v) is 2.90. The molecule has 0 heterocycles. The summed E-state index contributed by atoms with van der Waals surface area (Å²) < 4.78 is 0. The third-order valence-corrected chi connectivity index (χ3v) is 4.16. The predicted octanol–water partition coefficient (Wildman–Crippen LogP) is 3.34. The van der Waals surface area contributed by atoms with E-state index in [-0.39, 0.29) is 22.5 Å². The second-order valence-electron chi connectivity index (χ2n) is 6.10. The summed E-state index contributed by atoms with van der Waals surface area (Å²) in [6.45, 7) is 3.34.